The Morgan fingerprint density at radius 1 is 1.36 bits per heavy atom. The topological polar surface area (TPSA) is 125 Å². The van der Waals surface area contributed by atoms with Gasteiger partial charge in [0.2, 0.25) is 0 Å². The van der Waals surface area contributed by atoms with Gasteiger partial charge in [-0.3, -0.25) is 0 Å². The molecular formula is C18H20N4O6. The molecule has 10 nitrogen and oxygen atoms in total. The molecule has 0 unspecified atom stereocenters. The minimum Gasteiger partial charge on any atom is -0.467 e. The zero-order chi connectivity index (χ0) is 20.3. The minimum atomic E-state index is -0.804. The van der Waals surface area contributed by atoms with Crippen LogP contribution >= 0.6 is 0 Å². The molecule has 1 aliphatic rings. The van der Waals surface area contributed by atoms with Crippen LogP contribution in [-0.2, 0) is 20.8 Å². The monoisotopic (exact) mass is 388 g/mol. The third kappa shape index (κ3) is 3.75. The van der Waals surface area contributed by atoms with E-state index in [2.05, 4.69) is 20.4 Å². The Morgan fingerprint density at radius 3 is 2.79 bits per heavy atom. The molecule has 0 spiro atoms. The van der Waals surface area contributed by atoms with Gasteiger partial charge >= 0.3 is 18.0 Å². The number of esters is 2. The van der Waals surface area contributed by atoms with Gasteiger partial charge in [-0.25, -0.2) is 19.4 Å². The number of ether oxygens (including phenoxy) is 2. The minimum absolute atomic E-state index is 0.0919. The SMILES string of the molecule is CCOC(=O)C1=C(Cn2cc(C(=O)OC)nc2C)NC(=O)N[C@H]1c1ccco1. The van der Waals surface area contributed by atoms with Gasteiger partial charge in [0.1, 0.15) is 17.6 Å². The van der Waals surface area contributed by atoms with Crippen LogP contribution in [0.15, 0.2) is 40.3 Å². The number of aromatic nitrogens is 2. The first kappa shape index (κ1) is 19.2. The van der Waals surface area contributed by atoms with Crippen LogP contribution in [0.25, 0.3) is 0 Å². The zero-order valence-corrected chi connectivity index (χ0v) is 15.6. The molecule has 0 saturated carbocycles. The normalized spacial score (nSPS) is 16.4. The van der Waals surface area contributed by atoms with Gasteiger partial charge in [0.25, 0.3) is 0 Å². The lowest BCUT2D eigenvalue weighted by Gasteiger charge is -2.28. The van der Waals surface area contributed by atoms with E-state index in [0.29, 0.717) is 17.3 Å². The van der Waals surface area contributed by atoms with Crippen LogP contribution < -0.4 is 10.6 Å². The highest BCUT2D eigenvalue weighted by molar-refractivity contribution is 5.95. The summed E-state index contributed by atoms with van der Waals surface area (Å²) in [5.74, 6) is -0.256. The van der Waals surface area contributed by atoms with Crippen LogP contribution in [0.4, 0.5) is 4.79 Å². The molecule has 0 saturated heterocycles. The van der Waals surface area contributed by atoms with Crippen molar-refractivity contribution in [3.63, 3.8) is 0 Å². The van der Waals surface area contributed by atoms with Crippen molar-refractivity contribution in [2.75, 3.05) is 13.7 Å². The van der Waals surface area contributed by atoms with Crippen molar-refractivity contribution in [3.05, 3.63) is 53.1 Å². The molecule has 0 bridgehead atoms. The van der Waals surface area contributed by atoms with Crippen molar-refractivity contribution in [1.29, 1.82) is 0 Å². The number of imidazole rings is 1. The number of amides is 2. The molecule has 3 rings (SSSR count). The number of carbonyl (C=O) groups is 3. The first-order chi connectivity index (χ1) is 13.4. The zero-order valence-electron chi connectivity index (χ0n) is 15.6. The molecule has 3 heterocycles. The molecular weight excluding hydrogens is 368 g/mol. The van der Waals surface area contributed by atoms with E-state index in [0.717, 1.165) is 0 Å². The lowest BCUT2D eigenvalue weighted by Crippen LogP contribution is -2.46. The molecule has 10 heteroatoms. The van der Waals surface area contributed by atoms with Gasteiger partial charge in [-0.2, -0.15) is 0 Å². The summed E-state index contributed by atoms with van der Waals surface area (Å²) >= 11 is 0. The fraction of sp³-hybridized carbons (Fsp3) is 0.333. The quantitative estimate of drug-likeness (QED) is 0.718. The molecule has 0 aliphatic carbocycles. The summed E-state index contributed by atoms with van der Waals surface area (Å²) in [4.78, 5) is 40.7. The maximum Gasteiger partial charge on any atom is 0.358 e. The van der Waals surface area contributed by atoms with Crippen LogP contribution in [-0.4, -0.2) is 41.2 Å². The highest BCUT2D eigenvalue weighted by Crippen LogP contribution is 2.29. The molecule has 0 aromatic carbocycles. The van der Waals surface area contributed by atoms with Crippen molar-refractivity contribution >= 4 is 18.0 Å². The number of carbonyl (C=O) groups excluding carboxylic acids is 3. The third-order valence-corrected chi connectivity index (χ3v) is 4.18. The second-order valence-corrected chi connectivity index (χ2v) is 5.95. The Kier molecular flexibility index (Phi) is 5.48. The van der Waals surface area contributed by atoms with E-state index in [1.165, 1.54) is 19.6 Å². The predicted molar refractivity (Wildman–Crippen MR) is 95.1 cm³/mol. The number of hydrogen-bond donors (Lipinski definition) is 2. The lowest BCUT2D eigenvalue weighted by atomic mass is 10.00. The number of nitrogens with zero attached hydrogens (tertiary/aromatic N) is 2. The fourth-order valence-electron chi connectivity index (χ4n) is 2.90. The summed E-state index contributed by atoms with van der Waals surface area (Å²) in [6.07, 6.45) is 2.95. The molecule has 148 valence electrons. The number of urea groups is 1. The largest absolute Gasteiger partial charge is 0.467 e. The molecule has 0 radical (unpaired) electrons. The second-order valence-electron chi connectivity index (χ2n) is 5.95. The Labute approximate surface area is 160 Å². The summed E-state index contributed by atoms with van der Waals surface area (Å²) in [7, 11) is 1.26. The van der Waals surface area contributed by atoms with E-state index in [-0.39, 0.29) is 24.4 Å². The molecule has 2 N–H and O–H groups in total. The Balaban J connectivity index is 2.04. The van der Waals surface area contributed by atoms with Crippen LogP contribution in [0.1, 0.15) is 35.0 Å². The fourth-order valence-corrected chi connectivity index (χ4v) is 2.90. The number of hydrogen-bond acceptors (Lipinski definition) is 7. The lowest BCUT2D eigenvalue weighted by molar-refractivity contribution is -0.139. The van der Waals surface area contributed by atoms with Crippen molar-refractivity contribution in [2.45, 2.75) is 26.4 Å². The number of methoxy groups -OCH3 is 1. The molecule has 0 fully saturated rings. The number of allylic oxidation sites excluding steroid dienone is 1. The molecule has 1 aliphatic heterocycles. The molecule has 28 heavy (non-hydrogen) atoms. The van der Waals surface area contributed by atoms with Crippen molar-refractivity contribution in [1.82, 2.24) is 20.2 Å². The van der Waals surface area contributed by atoms with E-state index in [1.807, 2.05) is 0 Å². The summed E-state index contributed by atoms with van der Waals surface area (Å²) in [6, 6.07) is 2.02. The van der Waals surface area contributed by atoms with Gasteiger partial charge in [0, 0.05) is 6.20 Å². The van der Waals surface area contributed by atoms with E-state index < -0.39 is 24.0 Å². The number of rotatable bonds is 6. The van der Waals surface area contributed by atoms with Crippen molar-refractivity contribution < 1.29 is 28.3 Å². The van der Waals surface area contributed by atoms with Gasteiger partial charge in [-0.15, -0.1) is 0 Å². The van der Waals surface area contributed by atoms with Gasteiger partial charge < -0.3 is 29.1 Å². The highest BCUT2D eigenvalue weighted by atomic mass is 16.5. The molecule has 2 aromatic heterocycles. The first-order valence-electron chi connectivity index (χ1n) is 8.57. The maximum absolute atomic E-state index is 12.6. The Morgan fingerprint density at radius 2 is 2.14 bits per heavy atom. The van der Waals surface area contributed by atoms with Crippen LogP contribution in [0.3, 0.4) is 0 Å². The standard InChI is InChI=1S/C18H20N4O6/c1-4-27-17(24)14-11(8-22-9-12(16(23)26-3)19-10(22)2)20-18(25)21-15(14)13-6-5-7-28-13/h5-7,9,15H,4,8H2,1-3H3,(H2,20,21,25)/t15-/m0/s1. The summed E-state index contributed by atoms with van der Waals surface area (Å²) in [6.45, 7) is 3.65. The number of nitrogens with one attached hydrogen (secondary N) is 2. The van der Waals surface area contributed by atoms with Gasteiger partial charge in [0.05, 0.1) is 37.8 Å². The summed E-state index contributed by atoms with van der Waals surface area (Å²) < 4.78 is 16.9. The average Bonchev–Trinajstić information content (AvgIpc) is 3.31. The third-order valence-electron chi connectivity index (χ3n) is 4.18. The van der Waals surface area contributed by atoms with E-state index >= 15 is 0 Å². The highest BCUT2D eigenvalue weighted by Gasteiger charge is 2.35. The molecule has 2 aromatic rings. The first-order valence-corrected chi connectivity index (χ1v) is 8.57. The summed E-state index contributed by atoms with van der Waals surface area (Å²) in [5, 5.41) is 5.32. The predicted octanol–water partition coefficient (Wildman–Crippen LogP) is 1.44. The summed E-state index contributed by atoms with van der Waals surface area (Å²) in [5.41, 5.74) is 0.658. The van der Waals surface area contributed by atoms with Crippen LogP contribution in [0.2, 0.25) is 0 Å². The van der Waals surface area contributed by atoms with Crippen molar-refractivity contribution in [2.24, 2.45) is 0 Å². The second kappa shape index (κ2) is 7.99. The molecule has 2 amide bonds. The van der Waals surface area contributed by atoms with Crippen LogP contribution in [0, 0.1) is 6.92 Å². The molecule has 1 atom stereocenters. The van der Waals surface area contributed by atoms with Crippen molar-refractivity contribution in [3.8, 4) is 0 Å². The van der Waals surface area contributed by atoms with E-state index in [4.69, 9.17) is 9.15 Å². The van der Waals surface area contributed by atoms with Gasteiger partial charge in [-0.1, -0.05) is 0 Å². The van der Waals surface area contributed by atoms with E-state index in [1.54, 1.807) is 30.5 Å². The number of furan rings is 1. The smallest absolute Gasteiger partial charge is 0.358 e. The Bertz CT molecular complexity index is 928. The van der Waals surface area contributed by atoms with Gasteiger partial charge in [-0.05, 0) is 26.0 Å². The average molecular weight is 388 g/mol. The van der Waals surface area contributed by atoms with Crippen LogP contribution in [0.5, 0.6) is 0 Å². The Hall–Kier alpha value is -3.56. The van der Waals surface area contributed by atoms with E-state index in [9.17, 15) is 14.4 Å². The maximum atomic E-state index is 12.6. The number of aryl methyl sites for hydroxylation is 1. The van der Waals surface area contributed by atoms with Gasteiger partial charge in [0.15, 0.2) is 5.69 Å².